The molecule has 96 valence electrons. The molecule has 1 fully saturated rings. The summed E-state index contributed by atoms with van der Waals surface area (Å²) in [7, 11) is 0. The van der Waals surface area contributed by atoms with Gasteiger partial charge in [0.1, 0.15) is 24.4 Å². The van der Waals surface area contributed by atoms with Gasteiger partial charge < -0.3 is 30.5 Å². The first kappa shape index (κ1) is 14.1. The van der Waals surface area contributed by atoms with Gasteiger partial charge in [0.15, 0.2) is 12.1 Å². The van der Waals surface area contributed by atoms with E-state index in [0.29, 0.717) is 0 Å². The van der Waals surface area contributed by atoms with Gasteiger partial charge in [-0.15, -0.1) is 0 Å². The first-order chi connectivity index (χ1) is 7.97. The van der Waals surface area contributed by atoms with Gasteiger partial charge in [0, 0.05) is 13.1 Å². The fourth-order valence-corrected chi connectivity index (χ4v) is 1.52. The second-order valence-electron chi connectivity index (χ2n) is 3.66. The molecule has 0 saturated carbocycles. The Morgan fingerprint density at radius 2 is 2.00 bits per heavy atom. The molecule has 1 unspecified atom stereocenters. The molecule has 1 aliphatic rings. The van der Waals surface area contributed by atoms with Crippen molar-refractivity contribution in [2.75, 3.05) is 6.61 Å². The third-order valence-corrected chi connectivity index (χ3v) is 2.44. The molecule has 1 saturated heterocycles. The Labute approximate surface area is 98.3 Å². The topological polar surface area (TPSA) is 119 Å². The van der Waals surface area contributed by atoms with Gasteiger partial charge in [0.25, 0.3) is 0 Å². The SMILES string of the molecule is [CH]C(=O)/C=C\N[C@H]1C(O)O[C@H](CO)[C@H](O)[C@@H]1O. The van der Waals surface area contributed by atoms with Gasteiger partial charge in [-0.25, -0.2) is 0 Å². The predicted octanol–water partition coefficient (Wildman–Crippen LogP) is -2.83. The molecule has 1 aliphatic heterocycles. The van der Waals surface area contributed by atoms with Crippen LogP contribution in [0.4, 0.5) is 0 Å². The lowest BCUT2D eigenvalue weighted by molar-refractivity contribution is -0.252. The Morgan fingerprint density at radius 1 is 1.35 bits per heavy atom. The fourth-order valence-electron chi connectivity index (χ4n) is 1.52. The van der Waals surface area contributed by atoms with E-state index in [-0.39, 0.29) is 0 Å². The summed E-state index contributed by atoms with van der Waals surface area (Å²) in [5.41, 5.74) is 0. The summed E-state index contributed by atoms with van der Waals surface area (Å²) in [5.74, 6) is -0.702. The summed E-state index contributed by atoms with van der Waals surface area (Å²) >= 11 is 0. The van der Waals surface area contributed by atoms with Crippen LogP contribution in [0.5, 0.6) is 0 Å². The highest BCUT2D eigenvalue weighted by atomic mass is 16.6. The second kappa shape index (κ2) is 6.08. The average Bonchev–Trinajstić information content (AvgIpc) is 2.27. The van der Waals surface area contributed by atoms with Crippen molar-refractivity contribution in [3.05, 3.63) is 19.2 Å². The summed E-state index contributed by atoms with van der Waals surface area (Å²) < 4.78 is 4.87. The first-order valence-corrected chi connectivity index (χ1v) is 5.00. The van der Waals surface area contributed by atoms with Gasteiger partial charge in [0.2, 0.25) is 0 Å². The van der Waals surface area contributed by atoms with Gasteiger partial charge in [-0.3, -0.25) is 4.79 Å². The molecular weight excluding hydrogens is 230 g/mol. The number of aliphatic hydroxyl groups excluding tert-OH is 4. The number of hydrogen-bond donors (Lipinski definition) is 5. The number of allylic oxidation sites excluding steroid dienone is 1. The minimum Gasteiger partial charge on any atom is -0.394 e. The van der Waals surface area contributed by atoms with E-state index >= 15 is 0 Å². The Balaban J connectivity index is 2.63. The molecule has 0 aliphatic carbocycles. The van der Waals surface area contributed by atoms with E-state index < -0.39 is 43.0 Å². The highest BCUT2D eigenvalue weighted by Gasteiger charge is 2.43. The summed E-state index contributed by atoms with van der Waals surface area (Å²) in [6.07, 6.45) is -3.06. The van der Waals surface area contributed by atoms with Crippen molar-refractivity contribution >= 4 is 5.78 Å². The van der Waals surface area contributed by atoms with Crippen molar-refractivity contribution in [3.8, 4) is 0 Å². The minimum absolute atomic E-state index is 0.529. The molecule has 0 aromatic rings. The molecule has 1 rings (SSSR count). The zero-order valence-corrected chi connectivity index (χ0v) is 8.93. The molecule has 0 spiro atoms. The molecule has 0 aromatic heterocycles. The summed E-state index contributed by atoms with van der Waals surface area (Å²) in [6, 6.07) is -1.02. The monoisotopic (exact) mass is 245 g/mol. The van der Waals surface area contributed by atoms with Crippen LogP contribution in [0.15, 0.2) is 12.3 Å². The first-order valence-electron chi connectivity index (χ1n) is 5.00. The molecule has 0 amide bonds. The molecule has 0 aromatic carbocycles. The molecule has 7 nitrogen and oxygen atoms in total. The van der Waals surface area contributed by atoms with Gasteiger partial charge in [-0.1, -0.05) is 0 Å². The fraction of sp³-hybridized carbons (Fsp3) is 0.600. The third kappa shape index (κ3) is 3.48. The highest BCUT2D eigenvalue weighted by molar-refractivity contribution is 5.93. The summed E-state index contributed by atoms with van der Waals surface area (Å²) in [4.78, 5) is 10.4. The Kier molecular flexibility index (Phi) is 5.03. The summed E-state index contributed by atoms with van der Waals surface area (Å²) in [6.45, 7) is 4.32. The molecule has 5 atom stereocenters. The van der Waals surface area contributed by atoms with Gasteiger partial charge in [-0.2, -0.15) is 0 Å². The van der Waals surface area contributed by atoms with Crippen LogP contribution in [0.3, 0.4) is 0 Å². The predicted molar refractivity (Wildman–Crippen MR) is 55.3 cm³/mol. The van der Waals surface area contributed by atoms with Crippen LogP contribution in [0.25, 0.3) is 0 Å². The summed E-state index contributed by atoms with van der Waals surface area (Å²) in [5, 5.41) is 40.0. The zero-order chi connectivity index (χ0) is 13.0. The lowest BCUT2D eigenvalue weighted by atomic mass is 9.97. The quantitative estimate of drug-likeness (QED) is 0.339. The smallest absolute Gasteiger partial charge is 0.178 e. The van der Waals surface area contributed by atoms with Crippen molar-refractivity contribution in [1.82, 2.24) is 5.32 Å². The minimum atomic E-state index is -1.43. The maximum absolute atomic E-state index is 10.4. The molecular formula is C10H15NO6. The number of carbonyl (C=O) groups is 1. The van der Waals surface area contributed by atoms with Gasteiger partial charge in [0.05, 0.1) is 6.61 Å². The van der Waals surface area contributed by atoms with Crippen LogP contribution in [0.2, 0.25) is 0 Å². The Morgan fingerprint density at radius 3 is 2.53 bits per heavy atom. The second-order valence-corrected chi connectivity index (χ2v) is 3.66. The third-order valence-electron chi connectivity index (χ3n) is 2.44. The maximum Gasteiger partial charge on any atom is 0.178 e. The van der Waals surface area contributed by atoms with Crippen LogP contribution in [-0.2, 0) is 9.53 Å². The van der Waals surface area contributed by atoms with Crippen molar-refractivity contribution < 1.29 is 30.0 Å². The largest absolute Gasteiger partial charge is 0.394 e. The van der Waals surface area contributed by atoms with Crippen LogP contribution in [-0.4, -0.2) is 63.5 Å². The highest BCUT2D eigenvalue weighted by Crippen LogP contribution is 2.19. The molecule has 1 heterocycles. The molecule has 5 N–H and O–H groups in total. The lowest BCUT2D eigenvalue weighted by Gasteiger charge is -2.40. The van der Waals surface area contributed by atoms with Crippen LogP contribution in [0.1, 0.15) is 0 Å². The Hall–Kier alpha value is -0.990. The van der Waals surface area contributed by atoms with E-state index in [1.165, 1.54) is 0 Å². The number of rotatable bonds is 4. The number of carbonyl (C=O) groups excluding carboxylic acids is 1. The normalized spacial score (nSPS) is 38.3. The zero-order valence-electron chi connectivity index (χ0n) is 8.93. The van der Waals surface area contributed by atoms with Crippen molar-refractivity contribution in [3.63, 3.8) is 0 Å². The van der Waals surface area contributed by atoms with Crippen molar-refractivity contribution in [2.24, 2.45) is 0 Å². The van der Waals surface area contributed by atoms with Crippen LogP contribution < -0.4 is 5.32 Å². The molecule has 7 heteroatoms. The average molecular weight is 245 g/mol. The van der Waals surface area contributed by atoms with Crippen molar-refractivity contribution in [2.45, 2.75) is 30.6 Å². The molecule has 2 radical (unpaired) electrons. The van der Waals surface area contributed by atoms with E-state index in [4.69, 9.17) is 16.8 Å². The maximum atomic E-state index is 10.4. The van der Waals surface area contributed by atoms with Gasteiger partial charge >= 0.3 is 0 Å². The van der Waals surface area contributed by atoms with E-state index in [9.17, 15) is 20.1 Å². The van der Waals surface area contributed by atoms with Crippen molar-refractivity contribution in [1.29, 1.82) is 0 Å². The molecule has 0 bridgehead atoms. The Bertz CT molecular complexity index is 295. The van der Waals surface area contributed by atoms with Gasteiger partial charge in [-0.05, 0) is 6.08 Å². The van der Waals surface area contributed by atoms with E-state index in [2.05, 4.69) is 5.32 Å². The van der Waals surface area contributed by atoms with Crippen LogP contribution >= 0.6 is 0 Å². The standard InChI is InChI=1S/C10H15NO6/c1-5(13)2-3-11-7-9(15)8(14)6(4-12)17-10(7)16/h1-3,6-12,14-16H,4H2/b3-2-/t6-,7-,8+,9-,10?/m1/s1. The molecule has 17 heavy (non-hydrogen) atoms. The number of ketones is 1. The number of ether oxygens (including phenoxy) is 1. The van der Waals surface area contributed by atoms with Crippen LogP contribution in [0, 0.1) is 6.92 Å². The number of nitrogens with one attached hydrogen (secondary N) is 1. The lowest BCUT2D eigenvalue weighted by Crippen LogP contribution is -2.62. The number of aliphatic hydroxyl groups is 4. The van der Waals surface area contributed by atoms with E-state index in [0.717, 1.165) is 12.3 Å². The van der Waals surface area contributed by atoms with E-state index in [1.54, 1.807) is 0 Å². The van der Waals surface area contributed by atoms with E-state index in [1.807, 2.05) is 0 Å². The number of hydrogen-bond acceptors (Lipinski definition) is 7.